The van der Waals surface area contributed by atoms with Crippen LogP contribution in [0.15, 0.2) is 36.5 Å². The molecule has 0 rings (SSSR count). The number of esters is 1. The molecule has 0 saturated carbocycles. The van der Waals surface area contributed by atoms with E-state index in [1.54, 1.807) is 0 Å². The number of ether oxygens (including phenoxy) is 2. The number of carbonyl (C=O) groups is 1. The van der Waals surface area contributed by atoms with Gasteiger partial charge in [0.1, 0.15) is 6.10 Å². The van der Waals surface area contributed by atoms with Crippen molar-refractivity contribution in [3.05, 3.63) is 36.5 Å². The Morgan fingerprint density at radius 1 is 0.585 bits per heavy atom. The minimum atomic E-state index is -0.541. The van der Waals surface area contributed by atoms with Crippen molar-refractivity contribution in [1.29, 1.82) is 0 Å². The van der Waals surface area contributed by atoms with Crippen molar-refractivity contribution in [3.8, 4) is 0 Å². The lowest BCUT2D eigenvalue weighted by Gasteiger charge is -2.15. The predicted octanol–water partition coefficient (Wildman–Crippen LogP) is 11.0. The van der Waals surface area contributed by atoms with Crippen molar-refractivity contribution < 1.29 is 19.4 Å². The molecule has 4 heteroatoms. The molecule has 0 radical (unpaired) electrons. The lowest BCUT2D eigenvalue weighted by molar-refractivity contribution is -0.154. The molecule has 0 heterocycles. The fourth-order valence-electron chi connectivity index (χ4n) is 4.76. The van der Waals surface area contributed by atoms with Crippen molar-refractivity contribution in [3.63, 3.8) is 0 Å². The molecule has 0 saturated heterocycles. The summed E-state index contributed by atoms with van der Waals surface area (Å²) in [6.45, 7) is 5.27. The smallest absolute Gasteiger partial charge is 0.306 e. The Labute approximate surface area is 255 Å². The van der Waals surface area contributed by atoms with Gasteiger partial charge >= 0.3 is 5.97 Å². The molecular weight excluding hydrogens is 508 g/mol. The van der Waals surface area contributed by atoms with E-state index in [0.717, 1.165) is 38.5 Å². The van der Waals surface area contributed by atoms with Gasteiger partial charge in [-0.25, -0.2) is 0 Å². The molecule has 0 aliphatic rings. The second-order valence-corrected chi connectivity index (χ2v) is 11.6. The van der Waals surface area contributed by atoms with E-state index in [2.05, 4.69) is 50.3 Å². The van der Waals surface area contributed by atoms with Gasteiger partial charge in [0.05, 0.1) is 13.2 Å². The van der Waals surface area contributed by atoms with E-state index in [1.165, 1.54) is 109 Å². The van der Waals surface area contributed by atoms with Crippen LogP contribution in [0, 0.1) is 0 Å². The van der Waals surface area contributed by atoms with Gasteiger partial charge in [-0.2, -0.15) is 0 Å². The summed E-state index contributed by atoms with van der Waals surface area (Å²) in [6.07, 6.45) is 41.8. The summed E-state index contributed by atoms with van der Waals surface area (Å²) >= 11 is 0. The quantitative estimate of drug-likeness (QED) is 0.0491. The van der Waals surface area contributed by atoms with Crippen LogP contribution >= 0.6 is 0 Å². The van der Waals surface area contributed by atoms with Crippen LogP contribution in [0.1, 0.15) is 168 Å². The average Bonchev–Trinajstić information content (AvgIpc) is 2.98. The molecular formula is C37H68O4. The van der Waals surface area contributed by atoms with Crippen molar-refractivity contribution in [2.24, 2.45) is 0 Å². The van der Waals surface area contributed by atoms with E-state index < -0.39 is 6.10 Å². The number of unbranched alkanes of at least 4 members (excludes halogenated alkanes) is 18. The van der Waals surface area contributed by atoms with Gasteiger partial charge in [0.25, 0.3) is 0 Å². The highest BCUT2D eigenvalue weighted by Gasteiger charge is 2.13. The van der Waals surface area contributed by atoms with Crippen LogP contribution in [0.5, 0.6) is 0 Å². The van der Waals surface area contributed by atoms with Gasteiger partial charge in [-0.15, -0.1) is 0 Å². The van der Waals surface area contributed by atoms with Crippen LogP contribution in [0.2, 0.25) is 0 Å². The van der Waals surface area contributed by atoms with E-state index in [1.807, 2.05) is 0 Å². The number of hydrogen-bond donors (Lipinski definition) is 1. The number of aliphatic hydroxyl groups excluding tert-OH is 1. The Balaban J connectivity index is 3.48. The Bertz CT molecular complexity index is 610. The third-order valence-corrected chi connectivity index (χ3v) is 7.44. The van der Waals surface area contributed by atoms with Crippen molar-refractivity contribution in [2.75, 3.05) is 19.8 Å². The Hall–Kier alpha value is -1.39. The molecule has 240 valence electrons. The highest BCUT2D eigenvalue weighted by atomic mass is 16.6. The molecule has 1 unspecified atom stereocenters. The first-order valence-electron chi connectivity index (χ1n) is 17.6. The number of allylic oxidation sites excluding steroid dienone is 6. The lowest BCUT2D eigenvalue weighted by atomic mass is 10.1. The molecule has 0 aromatic rings. The molecule has 0 aliphatic heterocycles. The van der Waals surface area contributed by atoms with E-state index in [9.17, 15) is 9.90 Å². The first-order chi connectivity index (χ1) is 20.2. The number of aliphatic hydroxyl groups is 1. The fraction of sp³-hybridized carbons (Fsp3) is 0.811. The molecule has 1 N–H and O–H groups in total. The zero-order valence-corrected chi connectivity index (χ0v) is 27.3. The molecule has 4 nitrogen and oxygen atoms in total. The fourth-order valence-corrected chi connectivity index (χ4v) is 4.76. The molecule has 0 spiro atoms. The van der Waals surface area contributed by atoms with Crippen LogP contribution in [-0.4, -0.2) is 37.0 Å². The van der Waals surface area contributed by atoms with Crippen LogP contribution in [0.25, 0.3) is 0 Å². The minimum absolute atomic E-state index is 0.179. The van der Waals surface area contributed by atoms with Gasteiger partial charge in [0, 0.05) is 13.0 Å². The van der Waals surface area contributed by atoms with Crippen molar-refractivity contribution in [1.82, 2.24) is 0 Å². The van der Waals surface area contributed by atoms with Gasteiger partial charge in [0.15, 0.2) is 0 Å². The molecule has 41 heavy (non-hydrogen) atoms. The molecule has 0 aromatic carbocycles. The SMILES string of the molecule is CCCCC/C=C\CCCCCCCC(=O)OC(CO)COCCCCCCCC/C=C\C/C=C\CCCCCC. The second-order valence-electron chi connectivity index (χ2n) is 11.6. The zero-order chi connectivity index (χ0) is 29.9. The number of hydrogen-bond acceptors (Lipinski definition) is 4. The standard InChI is InChI=1S/C37H68O4/c1-3-5-7-9-11-13-15-17-18-19-20-21-23-25-27-29-31-33-40-35-36(34-38)41-37(39)32-30-28-26-24-22-16-14-12-10-8-6-4-2/h12-15,18-19,36,38H,3-11,16-17,20-35H2,1-2H3/b14-12-,15-13-,19-18-. The van der Waals surface area contributed by atoms with Crippen LogP contribution in [-0.2, 0) is 14.3 Å². The van der Waals surface area contributed by atoms with Gasteiger partial charge in [-0.1, -0.05) is 127 Å². The maximum Gasteiger partial charge on any atom is 0.306 e. The van der Waals surface area contributed by atoms with Crippen LogP contribution < -0.4 is 0 Å². The Morgan fingerprint density at radius 3 is 1.59 bits per heavy atom. The molecule has 0 fully saturated rings. The minimum Gasteiger partial charge on any atom is -0.457 e. The average molecular weight is 577 g/mol. The summed E-state index contributed by atoms with van der Waals surface area (Å²) in [4.78, 5) is 12.1. The monoisotopic (exact) mass is 577 g/mol. The predicted molar refractivity (Wildman–Crippen MR) is 177 cm³/mol. The number of carbonyl (C=O) groups excluding carboxylic acids is 1. The van der Waals surface area contributed by atoms with E-state index >= 15 is 0 Å². The van der Waals surface area contributed by atoms with Crippen LogP contribution in [0.3, 0.4) is 0 Å². The van der Waals surface area contributed by atoms with E-state index in [0.29, 0.717) is 13.0 Å². The van der Waals surface area contributed by atoms with Gasteiger partial charge < -0.3 is 14.6 Å². The van der Waals surface area contributed by atoms with Gasteiger partial charge in [-0.3, -0.25) is 4.79 Å². The molecule has 0 bridgehead atoms. The third kappa shape index (κ3) is 33.0. The molecule has 0 aliphatic carbocycles. The van der Waals surface area contributed by atoms with Crippen LogP contribution in [0.4, 0.5) is 0 Å². The van der Waals surface area contributed by atoms with Gasteiger partial charge in [0.2, 0.25) is 0 Å². The maximum absolute atomic E-state index is 12.1. The number of rotatable bonds is 32. The molecule has 1 atom stereocenters. The normalized spacial score (nSPS) is 12.8. The molecule has 0 amide bonds. The first kappa shape index (κ1) is 39.6. The highest BCUT2D eigenvalue weighted by molar-refractivity contribution is 5.69. The summed E-state index contributed by atoms with van der Waals surface area (Å²) in [5.41, 5.74) is 0. The van der Waals surface area contributed by atoms with Crippen molar-refractivity contribution in [2.45, 2.75) is 174 Å². The summed E-state index contributed by atoms with van der Waals surface area (Å²) < 4.78 is 11.1. The van der Waals surface area contributed by atoms with E-state index in [-0.39, 0.29) is 19.2 Å². The highest BCUT2D eigenvalue weighted by Crippen LogP contribution is 2.11. The second kappa shape index (κ2) is 34.8. The first-order valence-corrected chi connectivity index (χ1v) is 17.6. The summed E-state index contributed by atoms with van der Waals surface area (Å²) in [6, 6.07) is 0. The van der Waals surface area contributed by atoms with E-state index in [4.69, 9.17) is 9.47 Å². The summed E-state index contributed by atoms with van der Waals surface area (Å²) in [5, 5.41) is 9.53. The lowest BCUT2D eigenvalue weighted by Crippen LogP contribution is -2.27. The van der Waals surface area contributed by atoms with Crippen molar-refractivity contribution >= 4 is 5.97 Å². The topological polar surface area (TPSA) is 55.8 Å². The molecule has 0 aromatic heterocycles. The summed E-state index contributed by atoms with van der Waals surface area (Å²) in [7, 11) is 0. The maximum atomic E-state index is 12.1. The Morgan fingerprint density at radius 2 is 1.02 bits per heavy atom. The largest absolute Gasteiger partial charge is 0.457 e. The zero-order valence-electron chi connectivity index (χ0n) is 27.3. The third-order valence-electron chi connectivity index (χ3n) is 7.44. The van der Waals surface area contributed by atoms with Gasteiger partial charge in [-0.05, 0) is 70.6 Å². The Kier molecular flexibility index (Phi) is 33.6. The summed E-state index contributed by atoms with van der Waals surface area (Å²) in [5.74, 6) is -0.216.